The maximum Gasteiger partial charge on any atom is 0.338 e. The molecule has 5 heteroatoms. The molecule has 20 heavy (non-hydrogen) atoms. The molecule has 1 aromatic carbocycles. The minimum absolute atomic E-state index is 0.0616. The highest BCUT2D eigenvalue weighted by Gasteiger charge is 2.11. The van der Waals surface area contributed by atoms with E-state index in [9.17, 15) is 4.79 Å². The average molecular weight is 271 g/mol. The number of carbonyl (C=O) groups is 1. The summed E-state index contributed by atoms with van der Waals surface area (Å²) in [5.41, 5.74) is 14.3. The van der Waals surface area contributed by atoms with E-state index in [1.54, 1.807) is 30.3 Å². The smallest absolute Gasteiger partial charge is 0.338 e. The van der Waals surface area contributed by atoms with Crippen molar-refractivity contribution in [2.45, 2.75) is 20.1 Å². The summed E-state index contributed by atoms with van der Waals surface area (Å²) in [6.07, 6.45) is 0. The van der Waals surface area contributed by atoms with Crippen molar-refractivity contribution in [1.82, 2.24) is 4.98 Å². The zero-order valence-electron chi connectivity index (χ0n) is 11.3. The first kappa shape index (κ1) is 14.0. The summed E-state index contributed by atoms with van der Waals surface area (Å²) in [6.45, 7) is 2.30. The molecule has 4 N–H and O–H groups in total. The Bertz CT molecular complexity index is 612. The number of rotatable bonds is 4. The van der Waals surface area contributed by atoms with Crippen molar-refractivity contribution in [3.05, 3.63) is 58.8 Å². The zero-order valence-corrected chi connectivity index (χ0v) is 11.3. The maximum absolute atomic E-state index is 11.9. The van der Waals surface area contributed by atoms with Gasteiger partial charge in [-0.2, -0.15) is 0 Å². The Morgan fingerprint density at radius 3 is 2.65 bits per heavy atom. The minimum Gasteiger partial charge on any atom is -0.456 e. The third kappa shape index (κ3) is 3.13. The number of nitrogens with zero attached hydrogens (tertiary/aromatic N) is 1. The molecule has 1 heterocycles. The Labute approximate surface area is 117 Å². The Balaban J connectivity index is 2.13. The molecule has 0 aliphatic heterocycles. The monoisotopic (exact) mass is 271 g/mol. The predicted octanol–water partition coefficient (Wildman–Crippen LogP) is 1.79. The molecule has 0 amide bonds. The van der Waals surface area contributed by atoms with Crippen molar-refractivity contribution in [3.8, 4) is 0 Å². The number of aromatic nitrogens is 1. The van der Waals surface area contributed by atoms with E-state index in [1.807, 2.05) is 13.0 Å². The molecular weight excluding hydrogens is 254 g/mol. The summed E-state index contributed by atoms with van der Waals surface area (Å²) in [5, 5.41) is 0. The van der Waals surface area contributed by atoms with E-state index in [4.69, 9.17) is 16.2 Å². The quantitative estimate of drug-likeness (QED) is 0.827. The molecule has 0 atom stereocenters. The maximum atomic E-state index is 11.9. The molecule has 0 aliphatic carbocycles. The van der Waals surface area contributed by atoms with Crippen LogP contribution in [0.3, 0.4) is 0 Å². The highest BCUT2D eigenvalue weighted by Crippen LogP contribution is 2.16. The molecule has 0 spiro atoms. The molecule has 2 aromatic rings. The van der Waals surface area contributed by atoms with Gasteiger partial charge in [0.1, 0.15) is 12.4 Å². The largest absolute Gasteiger partial charge is 0.456 e. The fraction of sp³-hybridized carbons (Fsp3) is 0.200. The van der Waals surface area contributed by atoms with Gasteiger partial charge in [-0.25, -0.2) is 9.78 Å². The van der Waals surface area contributed by atoms with Crippen molar-refractivity contribution in [2.24, 2.45) is 5.73 Å². The molecule has 0 aliphatic rings. The van der Waals surface area contributed by atoms with Crippen molar-refractivity contribution < 1.29 is 9.53 Å². The van der Waals surface area contributed by atoms with E-state index in [-0.39, 0.29) is 6.61 Å². The Kier molecular flexibility index (Phi) is 4.32. The summed E-state index contributed by atoms with van der Waals surface area (Å²) in [7, 11) is 0. The van der Waals surface area contributed by atoms with Crippen LogP contribution in [0.1, 0.15) is 27.2 Å². The van der Waals surface area contributed by atoms with Crippen LogP contribution in [0, 0.1) is 6.92 Å². The second-order valence-electron chi connectivity index (χ2n) is 4.44. The van der Waals surface area contributed by atoms with Crippen LogP contribution in [-0.2, 0) is 17.9 Å². The summed E-state index contributed by atoms with van der Waals surface area (Å²) in [5.74, 6) is 0.000842. The molecule has 5 nitrogen and oxygen atoms in total. The SMILES string of the molecule is Cc1cc(N)nc(COC(=O)c2ccccc2)c1CN. The van der Waals surface area contributed by atoms with E-state index in [0.29, 0.717) is 23.6 Å². The molecule has 104 valence electrons. The molecular formula is C15H17N3O2. The van der Waals surface area contributed by atoms with Gasteiger partial charge in [-0.05, 0) is 36.2 Å². The molecule has 1 aromatic heterocycles. The van der Waals surface area contributed by atoms with Crippen LogP contribution in [0.15, 0.2) is 36.4 Å². The van der Waals surface area contributed by atoms with Gasteiger partial charge in [0, 0.05) is 6.54 Å². The summed E-state index contributed by atoms with van der Waals surface area (Å²) in [4.78, 5) is 16.1. The molecule has 0 fully saturated rings. The number of nitrogens with two attached hydrogens (primary N) is 2. The van der Waals surface area contributed by atoms with Gasteiger partial charge in [0.25, 0.3) is 0 Å². The van der Waals surface area contributed by atoms with Crippen molar-refractivity contribution in [1.29, 1.82) is 0 Å². The van der Waals surface area contributed by atoms with E-state index < -0.39 is 5.97 Å². The van der Waals surface area contributed by atoms with E-state index in [0.717, 1.165) is 11.1 Å². The fourth-order valence-electron chi connectivity index (χ4n) is 1.98. The Morgan fingerprint density at radius 2 is 2.00 bits per heavy atom. The van der Waals surface area contributed by atoms with E-state index in [1.165, 1.54) is 0 Å². The third-order valence-corrected chi connectivity index (χ3v) is 3.01. The fourth-order valence-corrected chi connectivity index (χ4v) is 1.98. The van der Waals surface area contributed by atoms with Crippen LogP contribution in [0.5, 0.6) is 0 Å². The van der Waals surface area contributed by atoms with Gasteiger partial charge in [0.15, 0.2) is 0 Å². The van der Waals surface area contributed by atoms with E-state index in [2.05, 4.69) is 4.98 Å². The number of hydrogen-bond donors (Lipinski definition) is 2. The first-order valence-corrected chi connectivity index (χ1v) is 6.29. The average Bonchev–Trinajstić information content (AvgIpc) is 2.45. The minimum atomic E-state index is -0.393. The van der Waals surface area contributed by atoms with E-state index >= 15 is 0 Å². The van der Waals surface area contributed by atoms with Gasteiger partial charge in [-0.1, -0.05) is 18.2 Å². The molecule has 0 radical (unpaired) electrons. The molecule has 0 saturated carbocycles. The normalized spacial score (nSPS) is 10.3. The lowest BCUT2D eigenvalue weighted by Crippen LogP contribution is -2.12. The number of ether oxygens (including phenoxy) is 1. The number of aryl methyl sites for hydroxylation is 1. The number of hydrogen-bond acceptors (Lipinski definition) is 5. The molecule has 0 unspecified atom stereocenters. The first-order chi connectivity index (χ1) is 9.61. The number of benzene rings is 1. The van der Waals surface area contributed by atoms with Crippen molar-refractivity contribution in [2.75, 3.05) is 5.73 Å². The molecule has 0 saturated heterocycles. The standard InChI is InChI=1S/C15H17N3O2/c1-10-7-14(17)18-13(12(10)8-16)9-20-15(19)11-5-3-2-4-6-11/h2-7H,8-9,16H2,1H3,(H2,17,18). The van der Waals surface area contributed by atoms with Gasteiger partial charge in [-0.3, -0.25) is 0 Å². The van der Waals surface area contributed by atoms with Gasteiger partial charge in [-0.15, -0.1) is 0 Å². The topological polar surface area (TPSA) is 91.2 Å². The summed E-state index contributed by atoms with van der Waals surface area (Å²) in [6, 6.07) is 10.6. The van der Waals surface area contributed by atoms with Crippen LogP contribution in [0.4, 0.5) is 5.82 Å². The van der Waals surface area contributed by atoms with Gasteiger partial charge in [0.05, 0.1) is 11.3 Å². The van der Waals surface area contributed by atoms with Gasteiger partial charge < -0.3 is 16.2 Å². The summed E-state index contributed by atoms with van der Waals surface area (Å²) >= 11 is 0. The highest BCUT2D eigenvalue weighted by atomic mass is 16.5. The number of anilines is 1. The van der Waals surface area contributed by atoms with Crippen molar-refractivity contribution in [3.63, 3.8) is 0 Å². The van der Waals surface area contributed by atoms with Crippen LogP contribution in [-0.4, -0.2) is 11.0 Å². The van der Waals surface area contributed by atoms with Gasteiger partial charge in [0.2, 0.25) is 0 Å². The third-order valence-electron chi connectivity index (χ3n) is 3.01. The van der Waals surface area contributed by atoms with Crippen LogP contribution in [0.2, 0.25) is 0 Å². The van der Waals surface area contributed by atoms with Crippen LogP contribution in [0.25, 0.3) is 0 Å². The number of carbonyl (C=O) groups excluding carboxylic acids is 1. The first-order valence-electron chi connectivity index (χ1n) is 6.29. The Morgan fingerprint density at radius 1 is 1.30 bits per heavy atom. The van der Waals surface area contributed by atoms with Gasteiger partial charge >= 0.3 is 5.97 Å². The lowest BCUT2D eigenvalue weighted by atomic mass is 10.1. The lowest BCUT2D eigenvalue weighted by molar-refractivity contribution is 0.0466. The zero-order chi connectivity index (χ0) is 14.5. The van der Waals surface area contributed by atoms with Crippen LogP contribution >= 0.6 is 0 Å². The second-order valence-corrected chi connectivity index (χ2v) is 4.44. The molecule has 2 rings (SSSR count). The number of pyridine rings is 1. The summed E-state index contributed by atoms with van der Waals surface area (Å²) < 4.78 is 5.25. The number of esters is 1. The lowest BCUT2D eigenvalue weighted by Gasteiger charge is -2.11. The Hall–Kier alpha value is -2.40. The van der Waals surface area contributed by atoms with Crippen molar-refractivity contribution >= 4 is 11.8 Å². The highest BCUT2D eigenvalue weighted by molar-refractivity contribution is 5.89. The molecule has 0 bridgehead atoms. The predicted molar refractivity (Wildman–Crippen MR) is 76.8 cm³/mol. The second kappa shape index (κ2) is 6.16. The number of nitrogen functional groups attached to an aromatic ring is 1. The van der Waals surface area contributed by atoms with Crippen LogP contribution < -0.4 is 11.5 Å².